The third-order valence-electron chi connectivity index (χ3n) is 4.03. The number of ether oxygens (including phenoxy) is 1. The Hall–Kier alpha value is -0.690. The summed E-state index contributed by atoms with van der Waals surface area (Å²) < 4.78 is 5.29. The van der Waals surface area contributed by atoms with Crippen LogP contribution in [0.25, 0.3) is 0 Å². The molecule has 1 unspecified atom stereocenters. The predicted molar refractivity (Wildman–Crippen MR) is 89.1 cm³/mol. The lowest BCUT2D eigenvalue weighted by molar-refractivity contribution is 0.181. The largest absolute Gasteiger partial charge is 0.378 e. The lowest BCUT2D eigenvalue weighted by Crippen LogP contribution is -2.51. The molecule has 120 valence electrons. The smallest absolute Gasteiger partial charge is 0.186 e. The number of thiazole rings is 1. The molecule has 2 heterocycles. The van der Waals surface area contributed by atoms with Crippen LogP contribution in [0.3, 0.4) is 0 Å². The molecule has 1 fully saturated rings. The van der Waals surface area contributed by atoms with Crippen LogP contribution in [0.1, 0.15) is 31.3 Å². The molecule has 0 aromatic carbocycles. The molecule has 1 saturated heterocycles. The fourth-order valence-corrected chi connectivity index (χ4v) is 3.84. The maximum atomic E-state index is 5.29. The summed E-state index contributed by atoms with van der Waals surface area (Å²) in [5.41, 5.74) is 1.09. The van der Waals surface area contributed by atoms with Crippen LogP contribution in [-0.4, -0.2) is 55.8 Å². The fraction of sp³-hybridized carbons (Fsp3) is 0.800. The molecular weight excluding hydrogens is 284 g/mol. The van der Waals surface area contributed by atoms with E-state index in [4.69, 9.17) is 9.72 Å². The molecule has 0 saturated carbocycles. The number of hydrogen-bond donors (Lipinski definition) is 1. The molecule has 1 atom stereocenters. The number of methoxy groups -OCH3 is 1. The van der Waals surface area contributed by atoms with Crippen molar-refractivity contribution >= 4 is 16.5 Å². The van der Waals surface area contributed by atoms with E-state index in [0.717, 1.165) is 50.1 Å². The maximum absolute atomic E-state index is 5.29. The van der Waals surface area contributed by atoms with Crippen molar-refractivity contribution < 1.29 is 4.74 Å². The Morgan fingerprint density at radius 1 is 1.38 bits per heavy atom. The monoisotopic (exact) mass is 312 g/mol. The summed E-state index contributed by atoms with van der Waals surface area (Å²) >= 11 is 1.81. The zero-order chi connectivity index (χ0) is 15.2. The number of anilines is 1. The van der Waals surface area contributed by atoms with Crippen LogP contribution in [0, 0.1) is 0 Å². The van der Waals surface area contributed by atoms with Gasteiger partial charge in [0, 0.05) is 44.2 Å². The second kappa shape index (κ2) is 8.08. The highest BCUT2D eigenvalue weighted by atomic mass is 32.1. The van der Waals surface area contributed by atoms with Crippen LogP contribution < -0.4 is 10.2 Å². The Morgan fingerprint density at radius 2 is 2.19 bits per heavy atom. The van der Waals surface area contributed by atoms with E-state index >= 15 is 0 Å². The topological polar surface area (TPSA) is 40.6 Å². The van der Waals surface area contributed by atoms with E-state index in [1.165, 1.54) is 4.88 Å². The Morgan fingerprint density at radius 3 is 2.81 bits per heavy atom. The van der Waals surface area contributed by atoms with Gasteiger partial charge in [0.1, 0.15) is 0 Å². The first-order valence-corrected chi connectivity index (χ1v) is 8.68. The van der Waals surface area contributed by atoms with E-state index < -0.39 is 0 Å². The highest BCUT2D eigenvalue weighted by Crippen LogP contribution is 2.28. The lowest BCUT2D eigenvalue weighted by atomic mass is 10.2. The van der Waals surface area contributed by atoms with Crippen molar-refractivity contribution in [2.75, 3.05) is 44.7 Å². The fourth-order valence-electron chi connectivity index (χ4n) is 2.77. The van der Waals surface area contributed by atoms with Gasteiger partial charge in [-0.1, -0.05) is 13.8 Å². The molecule has 0 radical (unpaired) electrons. The van der Waals surface area contributed by atoms with Crippen molar-refractivity contribution in [2.24, 2.45) is 0 Å². The normalized spacial score (nSPS) is 20.2. The van der Waals surface area contributed by atoms with E-state index in [-0.39, 0.29) is 0 Å². The first-order valence-electron chi connectivity index (χ1n) is 7.86. The van der Waals surface area contributed by atoms with Crippen molar-refractivity contribution in [3.8, 4) is 0 Å². The van der Waals surface area contributed by atoms with Gasteiger partial charge in [0.05, 0.1) is 12.3 Å². The minimum absolute atomic E-state index is 0.593. The second-order valence-corrected chi connectivity index (χ2v) is 6.57. The van der Waals surface area contributed by atoms with Gasteiger partial charge < -0.3 is 15.0 Å². The first kappa shape index (κ1) is 16.7. The second-order valence-electron chi connectivity index (χ2n) is 5.50. The molecule has 21 heavy (non-hydrogen) atoms. The van der Waals surface area contributed by atoms with E-state index in [2.05, 4.69) is 35.9 Å². The molecule has 0 spiro atoms. The summed E-state index contributed by atoms with van der Waals surface area (Å²) in [6.07, 6.45) is 0. The predicted octanol–water partition coefficient (Wildman–Crippen LogP) is 1.93. The minimum Gasteiger partial charge on any atom is -0.378 e. The Labute approximate surface area is 132 Å². The van der Waals surface area contributed by atoms with Crippen molar-refractivity contribution in [1.29, 1.82) is 0 Å². The van der Waals surface area contributed by atoms with Gasteiger partial charge in [-0.3, -0.25) is 4.90 Å². The van der Waals surface area contributed by atoms with Gasteiger partial charge in [-0.05, 0) is 20.0 Å². The molecule has 6 heteroatoms. The molecule has 1 N–H and O–H groups in total. The van der Waals surface area contributed by atoms with Gasteiger partial charge in [0.15, 0.2) is 5.13 Å². The maximum Gasteiger partial charge on any atom is 0.186 e. The van der Waals surface area contributed by atoms with Crippen molar-refractivity contribution in [3.63, 3.8) is 0 Å². The Kier molecular flexibility index (Phi) is 6.41. The highest BCUT2D eigenvalue weighted by Gasteiger charge is 2.25. The SMILES string of the molecule is CCNCc1sc(N2CCN(CC)C(C)C2)nc1COC. The van der Waals surface area contributed by atoms with Gasteiger partial charge >= 0.3 is 0 Å². The Balaban J connectivity index is 2.08. The molecule has 0 bridgehead atoms. The zero-order valence-corrected chi connectivity index (χ0v) is 14.5. The molecule has 1 aromatic heterocycles. The van der Waals surface area contributed by atoms with Crippen molar-refractivity contribution in [1.82, 2.24) is 15.2 Å². The van der Waals surface area contributed by atoms with Gasteiger partial charge in [-0.2, -0.15) is 0 Å². The zero-order valence-electron chi connectivity index (χ0n) is 13.7. The molecule has 1 aromatic rings. The molecule has 2 rings (SSSR count). The lowest BCUT2D eigenvalue weighted by Gasteiger charge is -2.39. The van der Waals surface area contributed by atoms with E-state index in [9.17, 15) is 0 Å². The van der Waals surface area contributed by atoms with Crippen LogP contribution in [0.4, 0.5) is 5.13 Å². The summed E-state index contributed by atoms with van der Waals surface area (Å²) in [7, 11) is 1.73. The molecule has 0 aliphatic carbocycles. The third kappa shape index (κ3) is 4.16. The van der Waals surface area contributed by atoms with E-state index in [0.29, 0.717) is 12.6 Å². The quantitative estimate of drug-likeness (QED) is 0.833. The average molecular weight is 312 g/mol. The van der Waals surface area contributed by atoms with Crippen LogP contribution in [0.2, 0.25) is 0 Å². The number of aromatic nitrogens is 1. The van der Waals surface area contributed by atoms with Crippen LogP contribution in [0.15, 0.2) is 0 Å². The summed E-state index contributed by atoms with van der Waals surface area (Å²) in [4.78, 5) is 11.1. The molecule has 1 aliphatic rings. The number of nitrogens with one attached hydrogen (secondary N) is 1. The van der Waals surface area contributed by atoms with Crippen molar-refractivity contribution in [2.45, 2.75) is 40.0 Å². The summed E-state index contributed by atoms with van der Waals surface area (Å²) in [6, 6.07) is 0.593. The number of nitrogens with zero attached hydrogens (tertiary/aromatic N) is 3. The van der Waals surface area contributed by atoms with Crippen LogP contribution in [-0.2, 0) is 17.9 Å². The van der Waals surface area contributed by atoms with E-state index in [1.807, 2.05) is 11.3 Å². The van der Waals surface area contributed by atoms with Gasteiger partial charge in [-0.25, -0.2) is 4.98 Å². The first-order chi connectivity index (χ1) is 10.2. The number of hydrogen-bond acceptors (Lipinski definition) is 6. The van der Waals surface area contributed by atoms with E-state index in [1.54, 1.807) is 7.11 Å². The number of piperazine rings is 1. The van der Waals surface area contributed by atoms with Gasteiger partial charge in [0.25, 0.3) is 0 Å². The van der Waals surface area contributed by atoms with Gasteiger partial charge in [-0.15, -0.1) is 11.3 Å². The average Bonchev–Trinajstić information content (AvgIpc) is 2.88. The standard InChI is InChI=1S/C15H28N4OS/c1-5-16-9-14-13(11-20-4)17-15(21-14)19-8-7-18(6-2)12(3)10-19/h12,16H,5-11H2,1-4H3. The van der Waals surface area contributed by atoms with Crippen LogP contribution in [0.5, 0.6) is 0 Å². The Bertz CT molecular complexity index is 437. The van der Waals surface area contributed by atoms with Crippen LogP contribution >= 0.6 is 11.3 Å². The molecule has 0 amide bonds. The summed E-state index contributed by atoms with van der Waals surface area (Å²) in [5.74, 6) is 0. The molecular formula is C15H28N4OS. The summed E-state index contributed by atoms with van der Waals surface area (Å²) in [6.45, 7) is 13.5. The highest BCUT2D eigenvalue weighted by molar-refractivity contribution is 7.15. The summed E-state index contributed by atoms with van der Waals surface area (Å²) in [5, 5.41) is 4.54. The molecule has 1 aliphatic heterocycles. The number of likely N-dealkylation sites (N-methyl/N-ethyl adjacent to an activating group) is 1. The van der Waals surface area contributed by atoms with Gasteiger partial charge in [0.2, 0.25) is 0 Å². The minimum atomic E-state index is 0.593. The third-order valence-corrected chi connectivity index (χ3v) is 5.18. The molecule has 5 nitrogen and oxygen atoms in total. The number of rotatable bonds is 7. The van der Waals surface area contributed by atoms with Crippen molar-refractivity contribution in [3.05, 3.63) is 10.6 Å².